The summed E-state index contributed by atoms with van der Waals surface area (Å²) in [6.07, 6.45) is 3.43. The number of carbonyl (C=O) groups excluding carboxylic acids is 1. The summed E-state index contributed by atoms with van der Waals surface area (Å²) in [6.45, 7) is 0. The second-order valence-electron chi connectivity index (χ2n) is 5.43. The Hall–Kier alpha value is -3.40. The Kier molecular flexibility index (Phi) is 3.88. The number of anilines is 2. The maximum Gasteiger partial charge on any atom is 0.275 e. The number of benzene rings is 1. The van der Waals surface area contributed by atoms with E-state index in [9.17, 15) is 9.18 Å². The van der Waals surface area contributed by atoms with Gasteiger partial charge in [-0.05, 0) is 30.3 Å². The third-order valence-corrected chi connectivity index (χ3v) is 3.53. The number of nitrogens with one attached hydrogen (secondary N) is 1. The molecule has 2 heterocycles. The fraction of sp³-hybridized carbons (Fsp3) is 0.118. The molecule has 1 aromatic carbocycles. The van der Waals surface area contributed by atoms with E-state index in [4.69, 9.17) is 5.26 Å². The van der Waals surface area contributed by atoms with E-state index in [0.717, 1.165) is 11.8 Å². The minimum absolute atomic E-state index is 0.00466. The van der Waals surface area contributed by atoms with Gasteiger partial charge >= 0.3 is 0 Å². The van der Waals surface area contributed by atoms with Crippen molar-refractivity contribution in [1.29, 1.82) is 5.26 Å². The Morgan fingerprint density at radius 3 is 2.75 bits per heavy atom. The van der Waals surface area contributed by atoms with Gasteiger partial charge in [0, 0.05) is 26.5 Å². The minimum atomic E-state index is -0.666. The molecular weight excluding hydrogens is 309 g/mol. The van der Waals surface area contributed by atoms with Crippen LogP contribution in [0.5, 0.6) is 0 Å². The van der Waals surface area contributed by atoms with Crippen LogP contribution in [0.2, 0.25) is 0 Å². The summed E-state index contributed by atoms with van der Waals surface area (Å²) in [4.78, 5) is 18.4. The molecule has 3 aromatic rings. The molecule has 0 bridgehead atoms. The summed E-state index contributed by atoms with van der Waals surface area (Å²) < 4.78 is 15.6. The van der Waals surface area contributed by atoms with Crippen molar-refractivity contribution < 1.29 is 9.18 Å². The van der Waals surface area contributed by atoms with Crippen LogP contribution in [0.3, 0.4) is 0 Å². The highest BCUT2D eigenvalue weighted by atomic mass is 19.1. The number of nitrogens with zero attached hydrogens (tertiary/aromatic N) is 4. The van der Waals surface area contributed by atoms with Crippen LogP contribution in [0.4, 0.5) is 15.8 Å². The standard InChI is InChI=1S/C17H14FN5O/c1-22(2)12-4-6-16-20-15(10-23(16)9-12)17(24)21-14-5-3-11(8-19)7-13(14)18/h3-7,9-10H,1-2H3,(H,21,24). The summed E-state index contributed by atoms with van der Waals surface area (Å²) in [5.74, 6) is -1.19. The van der Waals surface area contributed by atoms with Crippen molar-refractivity contribution in [2.75, 3.05) is 24.3 Å². The Morgan fingerprint density at radius 1 is 1.29 bits per heavy atom. The molecule has 0 aliphatic carbocycles. The molecule has 0 unspecified atom stereocenters. The van der Waals surface area contributed by atoms with E-state index in [1.54, 1.807) is 16.7 Å². The van der Waals surface area contributed by atoms with Gasteiger partial charge in [-0.2, -0.15) is 5.26 Å². The fourth-order valence-electron chi connectivity index (χ4n) is 2.23. The molecule has 0 aliphatic rings. The first-order valence-electron chi connectivity index (χ1n) is 7.15. The van der Waals surface area contributed by atoms with Gasteiger partial charge in [-0.15, -0.1) is 0 Å². The highest BCUT2D eigenvalue weighted by Crippen LogP contribution is 2.18. The molecule has 0 aliphatic heterocycles. The third kappa shape index (κ3) is 2.90. The van der Waals surface area contributed by atoms with E-state index in [1.807, 2.05) is 37.3 Å². The van der Waals surface area contributed by atoms with Crippen molar-refractivity contribution in [1.82, 2.24) is 9.38 Å². The van der Waals surface area contributed by atoms with E-state index >= 15 is 0 Å². The van der Waals surface area contributed by atoms with Crippen LogP contribution in [0.25, 0.3) is 5.65 Å². The number of amides is 1. The van der Waals surface area contributed by atoms with E-state index in [1.165, 1.54) is 12.1 Å². The van der Waals surface area contributed by atoms with Crippen LogP contribution in [-0.4, -0.2) is 29.4 Å². The lowest BCUT2D eigenvalue weighted by atomic mass is 10.2. The summed E-state index contributed by atoms with van der Waals surface area (Å²) >= 11 is 0. The van der Waals surface area contributed by atoms with E-state index < -0.39 is 11.7 Å². The van der Waals surface area contributed by atoms with Crippen molar-refractivity contribution in [2.24, 2.45) is 0 Å². The zero-order valence-electron chi connectivity index (χ0n) is 13.1. The van der Waals surface area contributed by atoms with Gasteiger partial charge in [0.05, 0.1) is 23.0 Å². The smallest absolute Gasteiger partial charge is 0.275 e. The molecule has 0 saturated carbocycles. The van der Waals surface area contributed by atoms with Crippen molar-refractivity contribution in [3.63, 3.8) is 0 Å². The highest BCUT2D eigenvalue weighted by molar-refractivity contribution is 6.03. The van der Waals surface area contributed by atoms with Crippen LogP contribution < -0.4 is 10.2 Å². The topological polar surface area (TPSA) is 73.4 Å². The monoisotopic (exact) mass is 323 g/mol. The second kappa shape index (κ2) is 6.01. The number of imidazole rings is 1. The summed E-state index contributed by atoms with van der Waals surface area (Å²) in [5.41, 5.74) is 1.95. The molecule has 1 amide bonds. The Balaban J connectivity index is 1.87. The number of hydrogen-bond acceptors (Lipinski definition) is 4. The average Bonchev–Trinajstić information content (AvgIpc) is 2.99. The lowest BCUT2D eigenvalue weighted by Crippen LogP contribution is -2.13. The van der Waals surface area contributed by atoms with Crippen molar-refractivity contribution in [3.05, 3.63) is 59.8 Å². The van der Waals surface area contributed by atoms with E-state index in [-0.39, 0.29) is 16.9 Å². The van der Waals surface area contributed by atoms with Gasteiger partial charge in [-0.1, -0.05) is 0 Å². The fourth-order valence-corrected chi connectivity index (χ4v) is 2.23. The molecule has 120 valence electrons. The predicted molar refractivity (Wildman–Crippen MR) is 88.6 cm³/mol. The van der Waals surface area contributed by atoms with Gasteiger partial charge < -0.3 is 14.6 Å². The SMILES string of the molecule is CN(C)c1ccc2nc(C(=O)Nc3ccc(C#N)cc3F)cn2c1. The van der Waals surface area contributed by atoms with Gasteiger partial charge in [0.2, 0.25) is 0 Å². The maximum absolute atomic E-state index is 13.9. The molecule has 0 spiro atoms. The largest absolute Gasteiger partial charge is 0.376 e. The molecule has 24 heavy (non-hydrogen) atoms. The molecule has 0 radical (unpaired) electrons. The Morgan fingerprint density at radius 2 is 2.08 bits per heavy atom. The zero-order valence-corrected chi connectivity index (χ0v) is 13.1. The number of pyridine rings is 1. The number of halogens is 1. The van der Waals surface area contributed by atoms with Crippen molar-refractivity contribution in [2.45, 2.75) is 0 Å². The minimum Gasteiger partial charge on any atom is -0.376 e. The van der Waals surface area contributed by atoms with Gasteiger partial charge in [0.1, 0.15) is 17.2 Å². The van der Waals surface area contributed by atoms with Crippen molar-refractivity contribution >= 4 is 22.9 Å². The van der Waals surface area contributed by atoms with Crippen LogP contribution in [0, 0.1) is 17.1 Å². The first-order chi connectivity index (χ1) is 11.5. The molecule has 3 rings (SSSR count). The zero-order chi connectivity index (χ0) is 17.3. The summed E-state index contributed by atoms with van der Waals surface area (Å²) in [7, 11) is 3.83. The molecule has 0 atom stereocenters. The number of rotatable bonds is 3. The molecular formula is C17H14FN5O. The normalized spacial score (nSPS) is 10.4. The predicted octanol–water partition coefficient (Wildman–Crippen LogP) is 2.66. The Bertz CT molecular complexity index is 971. The van der Waals surface area contributed by atoms with Gasteiger partial charge in [-0.25, -0.2) is 9.37 Å². The van der Waals surface area contributed by atoms with Crippen LogP contribution in [-0.2, 0) is 0 Å². The number of aromatic nitrogens is 2. The maximum atomic E-state index is 13.9. The van der Waals surface area contributed by atoms with Gasteiger partial charge in [-0.3, -0.25) is 4.79 Å². The molecule has 6 nitrogen and oxygen atoms in total. The number of hydrogen-bond donors (Lipinski definition) is 1. The lowest BCUT2D eigenvalue weighted by molar-refractivity contribution is 0.102. The van der Waals surface area contributed by atoms with E-state index in [2.05, 4.69) is 10.3 Å². The summed E-state index contributed by atoms with van der Waals surface area (Å²) in [5, 5.41) is 11.2. The van der Waals surface area contributed by atoms with Crippen LogP contribution >= 0.6 is 0 Å². The molecule has 7 heteroatoms. The van der Waals surface area contributed by atoms with Crippen LogP contribution in [0.1, 0.15) is 16.1 Å². The molecule has 0 saturated heterocycles. The van der Waals surface area contributed by atoms with Crippen molar-refractivity contribution in [3.8, 4) is 6.07 Å². The first kappa shape index (κ1) is 15.5. The lowest BCUT2D eigenvalue weighted by Gasteiger charge is -2.11. The number of carbonyl (C=O) groups is 1. The van der Waals surface area contributed by atoms with E-state index in [0.29, 0.717) is 5.65 Å². The second-order valence-corrected chi connectivity index (χ2v) is 5.43. The quantitative estimate of drug-likeness (QED) is 0.804. The van der Waals surface area contributed by atoms with Gasteiger partial charge in [0.15, 0.2) is 0 Å². The summed E-state index contributed by atoms with van der Waals surface area (Å²) in [6, 6.07) is 9.39. The Labute approximate surface area is 137 Å². The molecule has 0 fully saturated rings. The molecule has 1 N–H and O–H groups in total. The highest BCUT2D eigenvalue weighted by Gasteiger charge is 2.14. The number of nitriles is 1. The third-order valence-electron chi connectivity index (χ3n) is 3.53. The van der Waals surface area contributed by atoms with Gasteiger partial charge in [0.25, 0.3) is 5.91 Å². The number of fused-ring (bicyclic) bond motifs is 1. The van der Waals surface area contributed by atoms with Crippen LogP contribution in [0.15, 0.2) is 42.7 Å². The average molecular weight is 323 g/mol. The molecule has 2 aromatic heterocycles. The first-order valence-corrected chi connectivity index (χ1v) is 7.15.